The maximum Gasteiger partial charge on any atom is 0.130 e. The lowest BCUT2D eigenvalue weighted by Crippen LogP contribution is -2.07. The van der Waals surface area contributed by atoms with E-state index in [-0.39, 0.29) is 5.41 Å². The highest BCUT2D eigenvalue weighted by Crippen LogP contribution is 2.45. The van der Waals surface area contributed by atoms with Crippen LogP contribution in [-0.4, -0.2) is 11.3 Å². The Bertz CT molecular complexity index is 303. The van der Waals surface area contributed by atoms with E-state index in [4.69, 9.17) is 0 Å². The molecule has 1 aromatic rings. The molecular formula is C9H8BrNO. The van der Waals surface area contributed by atoms with Gasteiger partial charge in [-0.3, -0.25) is 0 Å². The minimum Gasteiger partial charge on any atom is -0.302 e. The number of nitrogens with zero attached hydrogens (tertiary/aromatic N) is 1. The summed E-state index contributed by atoms with van der Waals surface area (Å²) in [5, 5.41) is 0. The van der Waals surface area contributed by atoms with Crippen LogP contribution < -0.4 is 0 Å². The zero-order chi connectivity index (χ0) is 8.60. The summed E-state index contributed by atoms with van der Waals surface area (Å²) in [7, 11) is 0. The maximum atomic E-state index is 10.7. The maximum absolute atomic E-state index is 10.7. The van der Waals surface area contributed by atoms with Crippen LogP contribution in [0.5, 0.6) is 0 Å². The average molecular weight is 226 g/mol. The van der Waals surface area contributed by atoms with Crippen LogP contribution in [0.25, 0.3) is 0 Å². The van der Waals surface area contributed by atoms with Crippen LogP contribution in [0.2, 0.25) is 0 Å². The molecule has 1 heterocycles. The number of carbonyl (C=O) groups is 1. The summed E-state index contributed by atoms with van der Waals surface area (Å²) in [5.74, 6) is 0. The molecule has 62 valence electrons. The van der Waals surface area contributed by atoms with Gasteiger partial charge in [0.25, 0.3) is 0 Å². The first-order valence-corrected chi connectivity index (χ1v) is 4.64. The van der Waals surface area contributed by atoms with Crippen LogP contribution in [0.4, 0.5) is 0 Å². The summed E-state index contributed by atoms with van der Waals surface area (Å²) in [4.78, 5) is 14.8. The van der Waals surface area contributed by atoms with Gasteiger partial charge >= 0.3 is 0 Å². The van der Waals surface area contributed by atoms with Gasteiger partial charge in [0.2, 0.25) is 0 Å². The van der Waals surface area contributed by atoms with Gasteiger partial charge in [-0.15, -0.1) is 0 Å². The molecule has 3 heteroatoms. The van der Waals surface area contributed by atoms with Crippen molar-refractivity contribution in [2.75, 3.05) is 0 Å². The van der Waals surface area contributed by atoms with Crippen LogP contribution in [0, 0.1) is 0 Å². The van der Waals surface area contributed by atoms with Crippen LogP contribution in [-0.2, 0) is 10.2 Å². The van der Waals surface area contributed by atoms with Crippen molar-refractivity contribution in [3.8, 4) is 0 Å². The molecule has 2 rings (SSSR count). The average Bonchev–Trinajstić information content (AvgIpc) is 2.86. The van der Waals surface area contributed by atoms with Crippen molar-refractivity contribution in [3.05, 3.63) is 28.5 Å². The van der Waals surface area contributed by atoms with Crippen LogP contribution in [0.1, 0.15) is 18.4 Å². The zero-order valence-electron chi connectivity index (χ0n) is 6.46. The number of hydrogen-bond donors (Lipinski definition) is 0. The van der Waals surface area contributed by atoms with Crippen LogP contribution in [0.3, 0.4) is 0 Å². The molecule has 0 spiro atoms. The molecule has 0 bridgehead atoms. The molecule has 1 aliphatic rings. The lowest BCUT2D eigenvalue weighted by atomic mass is 10.0. The molecule has 0 N–H and O–H groups in total. The molecule has 0 radical (unpaired) electrons. The molecule has 12 heavy (non-hydrogen) atoms. The molecule has 1 aromatic heterocycles. The van der Waals surface area contributed by atoms with Crippen molar-refractivity contribution < 1.29 is 4.79 Å². The fraction of sp³-hybridized carbons (Fsp3) is 0.333. The molecule has 0 amide bonds. The van der Waals surface area contributed by atoms with Crippen molar-refractivity contribution in [1.29, 1.82) is 0 Å². The summed E-state index contributed by atoms with van der Waals surface area (Å²) in [6.07, 6.45) is 4.75. The van der Waals surface area contributed by atoms with Crippen LogP contribution in [0.15, 0.2) is 22.9 Å². The minimum absolute atomic E-state index is 0.187. The number of rotatable bonds is 2. The Labute approximate surface area is 79.1 Å². The fourth-order valence-electron chi connectivity index (χ4n) is 1.28. The predicted octanol–water partition coefficient (Wildman–Crippen LogP) is 2.07. The lowest BCUT2D eigenvalue weighted by Gasteiger charge is -2.05. The molecule has 0 aromatic carbocycles. The van der Waals surface area contributed by atoms with E-state index in [0.29, 0.717) is 0 Å². The number of hydrogen-bond acceptors (Lipinski definition) is 2. The van der Waals surface area contributed by atoms with E-state index >= 15 is 0 Å². The van der Waals surface area contributed by atoms with E-state index in [2.05, 4.69) is 20.9 Å². The predicted molar refractivity (Wildman–Crippen MR) is 48.9 cm³/mol. The summed E-state index contributed by atoms with van der Waals surface area (Å²) in [5.41, 5.74) is 0.856. The molecule has 0 atom stereocenters. The lowest BCUT2D eigenvalue weighted by molar-refractivity contribution is -0.109. The number of carbonyl (C=O) groups excluding carboxylic acids is 1. The molecular weight excluding hydrogens is 218 g/mol. The normalized spacial score (nSPS) is 18.8. The fourth-order valence-corrected chi connectivity index (χ4v) is 1.51. The molecule has 1 aliphatic carbocycles. The van der Waals surface area contributed by atoms with E-state index in [9.17, 15) is 4.79 Å². The first-order valence-electron chi connectivity index (χ1n) is 3.85. The van der Waals surface area contributed by atoms with Gasteiger partial charge < -0.3 is 4.79 Å². The van der Waals surface area contributed by atoms with Crippen molar-refractivity contribution in [1.82, 2.24) is 4.98 Å². The second kappa shape index (κ2) is 2.66. The highest BCUT2D eigenvalue weighted by molar-refractivity contribution is 9.10. The highest BCUT2D eigenvalue weighted by Gasteiger charge is 2.44. The SMILES string of the molecule is O=CC1(c2ccc(Br)nc2)CC1. The van der Waals surface area contributed by atoms with E-state index in [1.807, 2.05) is 12.1 Å². The van der Waals surface area contributed by atoms with Gasteiger partial charge in [-0.1, -0.05) is 6.07 Å². The Kier molecular flexibility index (Phi) is 1.76. The molecule has 1 fully saturated rings. The van der Waals surface area contributed by atoms with Gasteiger partial charge in [-0.2, -0.15) is 0 Å². The van der Waals surface area contributed by atoms with Crippen molar-refractivity contribution in [2.24, 2.45) is 0 Å². The third kappa shape index (κ3) is 1.18. The van der Waals surface area contributed by atoms with E-state index in [1.165, 1.54) is 0 Å². The van der Waals surface area contributed by atoms with Gasteiger partial charge in [0.1, 0.15) is 10.9 Å². The Balaban J connectivity index is 2.35. The Hall–Kier alpha value is -0.700. The summed E-state index contributed by atoms with van der Waals surface area (Å²) < 4.78 is 0.813. The molecule has 0 saturated heterocycles. The molecule has 2 nitrogen and oxygen atoms in total. The molecule has 0 aliphatic heterocycles. The van der Waals surface area contributed by atoms with Crippen molar-refractivity contribution in [3.63, 3.8) is 0 Å². The molecule has 1 saturated carbocycles. The van der Waals surface area contributed by atoms with Gasteiger partial charge in [0.05, 0.1) is 5.41 Å². The van der Waals surface area contributed by atoms with E-state index < -0.39 is 0 Å². The Morgan fingerprint density at radius 2 is 2.25 bits per heavy atom. The second-order valence-electron chi connectivity index (χ2n) is 3.14. The van der Waals surface area contributed by atoms with E-state index in [1.54, 1.807) is 6.20 Å². The summed E-state index contributed by atoms with van der Waals surface area (Å²) in [6.45, 7) is 0. The number of aromatic nitrogens is 1. The highest BCUT2D eigenvalue weighted by atomic mass is 79.9. The van der Waals surface area contributed by atoms with Gasteiger partial charge in [-0.25, -0.2) is 4.98 Å². The largest absolute Gasteiger partial charge is 0.302 e. The van der Waals surface area contributed by atoms with Crippen molar-refractivity contribution in [2.45, 2.75) is 18.3 Å². The number of halogens is 1. The van der Waals surface area contributed by atoms with Gasteiger partial charge in [-0.05, 0) is 40.4 Å². The van der Waals surface area contributed by atoms with Gasteiger partial charge in [0, 0.05) is 6.20 Å². The minimum atomic E-state index is -0.187. The third-order valence-corrected chi connectivity index (χ3v) is 2.79. The quantitative estimate of drug-likeness (QED) is 0.570. The van der Waals surface area contributed by atoms with Crippen LogP contribution >= 0.6 is 15.9 Å². The first kappa shape index (κ1) is 7.92. The molecule has 0 unspecified atom stereocenters. The zero-order valence-corrected chi connectivity index (χ0v) is 8.04. The van der Waals surface area contributed by atoms with Crippen molar-refractivity contribution >= 4 is 22.2 Å². The number of aldehydes is 1. The Morgan fingerprint density at radius 1 is 1.50 bits per heavy atom. The summed E-state index contributed by atoms with van der Waals surface area (Å²) >= 11 is 3.26. The standard InChI is InChI=1S/C9H8BrNO/c10-8-2-1-7(5-11-8)9(6-12)3-4-9/h1-2,5-6H,3-4H2. The monoisotopic (exact) mass is 225 g/mol. The van der Waals surface area contributed by atoms with Gasteiger partial charge in [0.15, 0.2) is 0 Å². The summed E-state index contributed by atoms with van der Waals surface area (Å²) in [6, 6.07) is 3.83. The second-order valence-corrected chi connectivity index (χ2v) is 3.96. The van der Waals surface area contributed by atoms with E-state index in [0.717, 1.165) is 29.3 Å². The third-order valence-electron chi connectivity index (χ3n) is 2.32. The smallest absolute Gasteiger partial charge is 0.130 e. The number of pyridine rings is 1. The first-order chi connectivity index (χ1) is 5.77. The topological polar surface area (TPSA) is 30.0 Å². The Morgan fingerprint density at radius 3 is 2.67 bits per heavy atom.